The topological polar surface area (TPSA) is 39.9 Å². The Morgan fingerprint density at radius 3 is 2.63 bits per heavy atom. The average Bonchev–Trinajstić information content (AvgIpc) is 3.04. The molecule has 3 aromatic rings. The highest BCUT2D eigenvalue weighted by atomic mass is 35.5. The van der Waals surface area contributed by atoms with Crippen LogP contribution in [-0.2, 0) is 18.9 Å². The van der Waals surface area contributed by atoms with Crippen molar-refractivity contribution in [2.75, 3.05) is 0 Å². The number of thioether (sulfide) groups is 1. The Balaban J connectivity index is 1.69. The van der Waals surface area contributed by atoms with E-state index in [1.807, 2.05) is 60.0 Å². The average molecular weight is 420 g/mol. The van der Waals surface area contributed by atoms with Crippen molar-refractivity contribution >= 4 is 35.0 Å². The summed E-state index contributed by atoms with van der Waals surface area (Å²) in [7, 11) is 0. The summed E-state index contributed by atoms with van der Waals surface area (Å²) in [6.45, 7) is 6.72. The standard InChI is InChI=1S/C20H19Cl2N3OS/c1-3-10-25-19(12-26-17-8-9-18(22)14(2)11-17)23-24-20(25)27-13-15-4-6-16(21)7-5-15/h3-9,11H,1,10,12-13H2,2H3. The molecule has 0 bridgehead atoms. The molecule has 0 unspecified atom stereocenters. The number of benzene rings is 2. The van der Waals surface area contributed by atoms with Gasteiger partial charge < -0.3 is 4.74 Å². The van der Waals surface area contributed by atoms with Gasteiger partial charge in [0.15, 0.2) is 11.0 Å². The minimum atomic E-state index is 0.323. The van der Waals surface area contributed by atoms with Crippen LogP contribution in [0.15, 0.2) is 60.3 Å². The fourth-order valence-electron chi connectivity index (χ4n) is 2.43. The van der Waals surface area contributed by atoms with Crippen LogP contribution in [0.2, 0.25) is 10.0 Å². The normalized spacial score (nSPS) is 10.8. The van der Waals surface area contributed by atoms with Crippen molar-refractivity contribution in [1.29, 1.82) is 0 Å². The lowest BCUT2D eigenvalue weighted by Gasteiger charge is -2.10. The maximum Gasteiger partial charge on any atom is 0.191 e. The lowest BCUT2D eigenvalue weighted by molar-refractivity contribution is 0.289. The van der Waals surface area contributed by atoms with Gasteiger partial charge in [-0.3, -0.25) is 4.57 Å². The number of ether oxygens (including phenoxy) is 1. The molecule has 0 aliphatic heterocycles. The van der Waals surface area contributed by atoms with E-state index >= 15 is 0 Å². The zero-order valence-corrected chi connectivity index (χ0v) is 17.2. The quantitative estimate of drug-likeness (QED) is 0.334. The van der Waals surface area contributed by atoms with Crippen LogP contribution in [0.1, 0.15) is 17.0 Å². The SMILES string of the molecule is C=CCn1c(COc2ccc(Cl)c(C)c2)nnc1SCc1ccc(Cl)cc1. The summed E-state index contributed by atoms with van der Waals surface area (Å²) in [5, 5.41) is 10.9. The van der Waals surface area contributed by atoms with Crippen LogP contribution in [0.3, 0.4) is 0 Å². The Morgan fingerprint density at radius 1 is 1.15 bits per heavy atom. The van der Waals surface area contributed by atoms with Gasteiger partial charge in [0.1, 0.15) is 12.4 Å². The zero-order chi connectivity index (χ0) is 19.2. The van der Waals surface area contributed by atoms with Gasteiger partial charge in [0, 0.05) is 22.3 Å². The lowest BCUT2D eigenvalue weighted by atomic mass is 10.2. The Kier molecular flexibility index (Phi) is 6.83. The predicted octanol–water partition coefficient (Wildman–Crippen LogP) is 5.95. The summed E-state index contributed by atoms with van der Waals surface area (Å²) in [5.74, 6) is 2.28. The summed E-state index contributed by atoms with van der Waals surface area (Å²) in [6, 6.07) is 13.4. The van der Waals surface area contributed by atoms with E-state index in [0.29, 0.717) is 13.2 Å². The highest BCUT2D eigenvalue weighted by molar-refractivity contribution is 7.98. The van der Waals surface area contributed by atoms with Crippen molar-refractivity contribution in [2.45, 2.75) is 31.0 Å². The van der Waals surface area contributed by atoms with Crippen LogP contribution in [-0.4, -0.2) is 14.8 Å². The molecule has 0 aliphatic rings. The predicted molar refractivity (Wildman–Crippen MR) is 112 cm³/mol. The van der Waals surface area contributed by atoms with Crippen molar-refractivity contribution in [3.05, 3.63) is 82.1 Å². The van der Waals surface area contributed by atoms with E-state index in [1.54, 1.807) is 11.8 Å². The Hall–Kier alpha value is -1.95. The van der Waals surface area contributed by atoms with Gasteiger partial charge in [0.05, 0.1) is 0 Å². The van der Waals surface area contributed by atoms with Crippen LogP contribution in [0.5, 0.6) is 5.75 Å². The fraction of sp³-hybridized carbons (Fsp3) is 0.200. The number of rotatable bonds is 8. The van der Waals surface area contributed by atoms with Crippen LogP contribution in [0.4, 0.5) is 0 Å². The van der Waals surface area contributed by atoms with Gasteiger partial charge >= 0.3 is 0 Å². The molecule has 1 heterocycles. The molecule has 0 amide bonds. The van der Waals surface area contributed by atoms with Crippen molar-refractivity contribution < 1.29 is 4.74 Å². The Labute approximate surface area is 173 Å². The third-order valence-electron chi connectivity index (χ3n) is 3.88. The molecule has 0 N–H and O–H groups in total. The summed E-state index contributed by atoms with van der Waals surface area (Å²) >= 11 is 13.6. The molecule has 0 spiro atoms. The number of nitrogens with zero attached hydrogens (tertiary/aromatic N) is 3. The molecular weight excluding hydrogens is 401 g/mol. The van der Waals surface area contributed by atoms with E-state index in [4.69, 9.17) is 27.9 Å². The molecule has 0 radical (unpaired) electrons. The zero-order valence-electron chi connectivity index (χ0n) is 14.9. The monoisotopic (exact) mass is 419 g/mol. The first kappa shape index (κ1) is 19.8. The number of allylic oxidation sites excluding steroid dienone is 1. The first-order chi connectivity index (χ1) is 13.1. The largest absolute Gasteiger partial charge is 0.486 e. The van der Waals surface area contributed by atoms with Crippen LogP contribution < -0.4 is 4.74 Å². The summed E-state index contributed by atoms with van der Waals surface area (Å²) in [4.78, 5) is 0. The van der Waals surface area contributed by atoms with Crippen LogP contribution in [0, 0.1) is 6.92 Å². The Bertz CT molecular complexity index is 925. The van der Waals surface area contributed by atoms with Crippen molar-refractivity contribution in [3.63, 3.8) is 0 Å². The van der Waals surface area contributed by atoms with E-state index in [-0.39, 0.29) is 0 Å². The van der Waals surface area contributed by atoms with Gasteiger partial charge in [-0.25, -0.2) is 0 Å². The number of aromatic nitrogens is 3. The molecule has 4 nitrogen and oxygen atoms in total. The van der Waals surface area contributed by atoms with Crippen LogP contribution in [0.25, 0.3) is 0 Å². The lowest BCUT2D eigenvalue weighted by Crippen LogP contribution is -2.07. The molecule has 0 fully saturated rings. The van der Waals surface area contributed by atoms with Crippen molar-refractivity contribution in [1.82, 2.24) is 14.8 Å². The van der Waals surface area contributed by atoms with E-state index in [9.17, 15) is 0 Å². The highest BCUT2D eigenvalue weighted by Crippen LogP contribution is 2.25. The summed E-state index contributed by atoms with van der Waals surface area (Å²) in [5.41, 5.74) is 2.15. The van der Waals surface area contributed by atoms with Gasteiger partial charge in [-0.2, -0.15) is 0 Å². The van der Waals surface area contributed by atoms with E-state index in [0.717, 1.165) is 38.1 Å². The van der Waals surface area contributed by atoms with Crippen molar-refractivity contribution in [3.8, 4) is 5.75 Å². The summed E-state index contributed by atoms with van der Waals surface area (Å²) in [6.07, 6.45) is 1.83. The molecule has 0 atom stereocenters. The smallest absolute Gasteiger partial charge is 0.191 e. The molecule has 7 heteroatoms. The van der Waals surface area contributed by atoms with E-state index in [1.165, 1.54) is 5.56 Å². The summed E-state index contributed by atoms with van der Waals surface area (Å²) < 4.78 is 7.87. The minimum Gasteiger partial charge on any atom is -0.486 e. The molecule has 0 aliphatic carbocycles. The maximum absolute atomic E-state index is 6.06. The fourth-order valence-corrected chi connectivity index (χ4v) is 3.59. The van der Waals surface area contributed by atoms with Gasteiger partial charge in [-0.15, -0.1) is 16.8 Å². The number of halogens is 2. The molecule has 140 valence electrons. The second-order valence-electron chi connectivity index (χ2n) is 5.91. The number of hydrogen-bond acceptors (Lipinski definition) is 4. The van der Waals surface area contributed by atoms with Crippen molar-refractivity contribution in [2.24, 2.45) is 0 Å². The second-order valence-corrected chi connectivity index (χ2v) is 7.70. The van der Waals surface area contributed by atoms with E-state index < -0.39 is 0 Å². The molecule has 0 saturated carbocycles. The molecule has 1 aromatic heterocycles. The molecule has 0 saturated heterocycles. The van der Waals surface area contributed by atoms with Gasteiger partial charge in [-0.1, -0.05) is 53.2 Å². The molecule has 3 rings (SSSR count). The first-order valence-corrected chi connectivity index (χ1v) is 10.1. The Morgan fingerprint density at radius 2 is 1.93 bits per heavy atom. The third-order valence-corrected chi connectivity index (χ3v) is 5.60. The van der Waals surface area contributed by atoms with Gasteiger partial charge in [-0.05, 0) is 48.4 Å². The number of aryl methyl sites for hydroxylation is 1. The molecule has 27 heavy (non-hydrogen) atoms. The van der Waals surface area contributed by atoms with Crippen LogP contribution >= 0.6 is 35.0 Å². The van der Waals surface area contributed by atoms with Gasteiger partial charge in [0.2, 0.25) is 0 Å². The van der Waals surface area contributed by atoms with Gasteiger partial charge in [0.25, 0.3) is 0 Å². The first-order valence-electron chi connectivity index (χ1n) is 8.36. The third kappa shape index (κ3) is 5.28. The molecule has 2 aromatic carbocycles. The molecular formula is C20H19Cl2N3OS. The second kappa shape index (κ2) is 9.31. The maximum atomic E-state index is 6.06. The number of hydrogen-bond donors (Lipinski definition) is 0. The highest BCUT2D eigenvalue weighted by Gasteiger charge is 2.13. The van der Waals surface area contributed by atoms with E-state index in [2.05, 4.69) is 16.8 Å². The minimum absolute atomic E-state index is 0.323.